The lowest BCUT2D eigenvalue weighted by Crippen LogP contribution is -2.90. The van der Waals surface area contributed by atoms with Gasteiger partial charge in [0, 0.05) is 27.9 Å². The Kier molecular flexibility index (Phi) is 4.77. The first kappa shape index (κ1) is 25.7. The molecule has 4 aliphatic rings. The molecule has 6 aromatic rings. The van der Waals surface area contributed by atoms with Crippen LogP contribution in [0.1, 0.15) is 49.9 Å². The maximum atomic E-state index is 2.52. The fourth-order valence-electron chi connectivity index (χ4n) is 10.0. The molecule has 0 fully saturated rings. The summed E-state index contributed by atoms with van der Waals surface area (Å²) in [6.07, 6.45) is 0. The fourth-order valence-corrected chi connectivity index (χ4v) is 15.7. The van der Waals surface area contributed by atoms with Crippen molar-refractivity contribution in [1.29, 1.82) is 0 Å². The molecule has 0 bridgehead atoms. The highest BCUT2D eigenvalue weighted by Gasteiger charge is 2.60. The van der Waals surface area contributed by atoms with Gasteiger partial charge < -0.3 is 4.90 Å². The third-order valence-corrected chi connectivity index (χ3v) is 16.7. The van der Waals surface area contributed by atoms with Crippen molar-refractivity contribution in [3.8, 4) is 0 Å². The number of benzene rings is 6. The van der Waals surface area contributed by atoms with Gasteiger partial charge in [-0.25, -0.2) is 0 Å². The van der Waals surface area contributed by atoms with Crippen LogP contribution in [-0.4, -0.2) is 14.8 Å². The standard InChI is InChI=1S/C42H34BNSi/c1-41(2)28-17-12-18-29-38(28)43-39-30(41)19-13-25-36(39)45(37-26-14-20-31(40(37)43)42(29,3)4)34-23-10-8-21-32(34)44(27-15-6-5-7-16-27)33-22-9-11-24-35(33)45/h5-26H,1-4H3. The van der Waals surface area contributed by atoms with E-state index >= 15 is 0 Å². The van der Waals surface area contributed by atoms with E-state index in [9.17, 15) is 0 Å². The zero-order chi connectivity index (χ0) is 30.3. The molecule has 0 N–H and O–H groups in total. The first-order valence-corrected chi connectivity index (χ1v) is 18.3. The number of rotatable bonds is 1. The lowest BCUT2D eigenvalue weighted by atomic mass is 9.27. The lowest BCUT2D eigenvalue weighted by molar-refractivity contribution is 0.622. The van der Waals surface area contributed by atoms with Crippen LogP contribution in [0.5, 0.6) is 0 Å². The molecule has 1 nitrogen and oxygen atoms in total. The van der Waals surface area contributed by atoms with Gasteiger partial charge in [-0.3, -0.25) is 0 Å². The van der Waals surface area contributed by atoms with Crippen molar-refractivity contribution in [1.82, 2.24) is 0 Å². The van der Waals surface area contributed by atoms with Gasteiger partial charge in [0.15, 0.2) is 8.07 Å². The molecule has 0 saturated carbocycles. The molecule has 0 unspecified atom stereocenters. The molecule has 3 heteroatoms. The zero-order valence-corrected chi connectivity index (χ0v) is 27.2. The molecule has 0 amide bonds. The average molecular weight is 592 g/mol. The molecular weight excluding hydrogens is 557 g/mol. The summed E-state index contributed by atoms with van der Waals surface area (Å²) in [5, 5.41) is 6.15. The lowest BCUT2D eigenvalue weighted by Gasteiger charge is -2.55. The van der Waals surface area contributed by atoms with E-state index in [4.69, 9.17) is 0 Å². The predicted molar refractivity (Wildman–Crippen MR) is 194 cm³/mol. The topological polar surface area (TPSA) is 3.24 Å². The Hall–Kier alpha value is -4.60. The Balaban J connectivity index is 1.43. The van der Waals surface area contributed by atoms with E-state index in [1.54, 1.807) is 26.8 Å². The highest BCUT2D eigenvalue weighted by atomic mass is 28.3. The van der Waals surface area contributed by atoms with Gasteiger partial charge in [-0.2, -0.15) is 0 Å². The molecular formula is C42H34BNSi. The van der Waals surface area contributed by atoms with Crippen molar-refractivity contribution < 1.29 is 0 Å². The Labute approximate surface area is 267 Å². The normalized spacial score (nSPS) is 17.8. The van der Waals surface area contributed by atoms with Gasteiger partial charge in [0.05, 0.1) is 0 Å². The maximum Gasteiger partial charge on any atom is 0.242 e. The van der Waals surface area contributed by atoms with E-state index in [0.717, 1.165) is 0 Å². The van der Waals surface area contributed by atoms with Crippen LogP contribution in [-0.2, 0) is 10.8 Å². The van der Waals surface area contributed by atoms with E-state index in [1.807, 2.05) is 0 Å². The number of hydrogen-bond acceptors (Lipinski definition) is 1. The fraction of sp³-hybridized carbons (Fsp3) is 0.143. The summed E-state index contributed by atoms with van der Waals surface area (Å²) >= 11 is 0. The summed E-state index contributed by atoms with van der Waals surface area (Å²) in [7, 11) is -2.77. The first-order chi connectivity index (χ1) is 21.9. The number of fused-ring (bicyclic) bond motifs is 6. The molecule has 6 aromatic carbocycles. The van der Waals surface area contributed by atoms with Crippen LogP contribution in [0.4, 0.5) is 17.1 Å². The third-order valence-electron chi connectivity index (χ3n) is 11.8. The Morgan fingerprint density at radius 2 is 0.822 bits per heavy atom. The van der Waals surface area contributed by atoms with Crippen molar-refractivity contribution in [3.05, 3.63) is 156 Å². The minimum absolute atomic E-state index is 0.0909. The van der Waals surface area contributed by atoms with Crippen molar-refractivity contribution in [2.75, 3.05) is 4.90 Å². The number of hydrogen-bond donors (Lipinski definition) is 0. The largest absolute Gasteiger partial charge is 0.311 e. The van der Waals surface area contributed by atoms with Crippen molar-refractivity contribution in [3.63, 3.8) is 0 Å². The first-order valence-electron chi connectivity index (χ1n) is 16.3. The summed E-state index contributed by atoms with van der Waals surface area (Å²) in [5.74, 6) is 0. The highest BCUT2D eigenvalue weighted by Crippen LogP contribution is 2.43. The monoisotopic (exact) mass is 591 g/mol. The molecule has 4 heterocycles. The Bertz CT molecular complexity index is 2110. The molecule has 214 valence electrons. The molecule has 0 aromatic heterocycles. The summed E-state index contributed by atoms with van der Waals surface area (Å²) in [5.41, 5.74) is 14.4. The minimum Gasteiger partial charge on any atom is -0.311 e. The average Bonchev–Trinajstić information content (AvgIpc) is 3.07. The Morgan fingerprint density at radius 3 is 1.33 bits per heavy atom. The van der Waals surface area contributed by atoms with Crippen molar-refractivity contribution >= 4 is 69.0 Å². The van der Waals surface area contributed by atoms with Crippen molar-refractivity contribution in [2.24, 2.45) is 0 Å². The second kappa shape index (κ2) is 8.35. The van der Waals surface area contributed by atoms with Gasteiger partial charge in [-0.1, -0.05) is 153 Å². The van der Waals surface area contributed by atoms with E-state index < -0.39 is 8.07 Å². The molecule has 1 spiro atoms. The molecule has 0 radical (unpaired) electrons. The predicted octanol–water partition coefficient (Wildman–Crippen LogP) is 4.96. The quantitative estimate of drug-likeness (QED) is 0.244. The van der Waals surface area contributed by atoms with Gasteiger partial charge >= 0.3 is 0 Å². The van der Waals surface area contributed by atoms with Gasteiger partial charge in [-0.15, -0.1) is 0 Å². The smallest absolute Gasteiger partial charge is 0.242 e. The van der Waals surface area contributed by atoms with Crippen LogP contribution in [0.2, 0.25) is 0 Å². The second-order valence-electron chi connectivity index (χ2n) is 14.4. The van der Waals surface area contributed by atoms with Crippen LogP contribution >= 0.6 is 0 Å². The van der Waals surface area contributed by atoms with Gasteiger partial charge in [0.1, 0.15) is 0 Å². The third kappa shape index (κ3) is 2.84. The van der Waals surface area contributed by atoms with Gasteiger partial charge in [0.25, 0.3) is 0 Å². The van der Waals surface area contributed by atoms with E-state index in [-0.39, 0.29) is 17.5 Å². The van der Waals surface area contributed by atoms with E-state index in [2.05, 4.69) is 166 Å². The summed E-state index contributed by atoms with van der Waals surface area (Å²) < 4.78 is 0. The van der Waals surface area contributed by atoms with Crippen LogP contribution < -0.4 is 42.0 Å². The highest BCUT2D eigenvalue weighted by molar-refractivity contribution is 7.27. The maximum absolute atomic E-state index is 2.77. The molecule has 0 aliphatic carbocycles. The zero-order valence-electron chi connectivity index (χ0n) is 26.2. The molecule has 10 rings (SSSR count). The molecule has 0 saturated heterocycles. The van der Waals surface area contributed by atoms with Crippen LogP contribution in [0, 0.1) is 0 Å². The van der Waals surface area contributed by atoms with E-state index in [1.165, 1.54) is 49.7 Å². The minimum atomic E-state index is -2.77. The SMILES string of the molecule is CC1(C)c2cccc3c2B2c4c1cccc4[Si]1(c4ccccc4N(c4ccccc4)c4ccccc41)c1cccc(c12)C3(C)C. The molecule has 4 aliphatic heterocycles. The van der Waals surface area contributed by atoms with E-state index in [0.29, 0.717) is 0 Å². The molecule has 0 atom stereocenters. The van der Waals surface area contributed by atoms with Crippen molar-refractivity contribution in [2.45, 2.75) is 38.5 Å². The summed E-state index contributed by atoms with van der Waals surface area (Å²) in [4.78, 5) is 2.51. The Morgan fingerprint density at radius 1 is 0.422 bits per heavy atom. The van der Waals surface area contributed by atoms with Crippen LogP contribution in [0.15, 0.2) is 133 Å². The number of para-hydroxylation sites is 3. The van der Waals surface area contributed by atoms with Crippen LogP contribution in [0.3, 0.4) is 0 Å². The number of anilines is 3. The second-order valence-corrected chi connectivity index (χ2v) is 18.1. The van der Waals surface area contributed by atoms with Gasteiger partial charge in [0.2, 0.25) is 6.71 Å². The summed E-state index contributed by atoms with van der Waals surface area (Å²) in [6, 6.07) is 51.5. The van der Waals surface area contributed by atoms with Crippen LogP contribution in [0.25, 0.3) is 0 Å². The number of nitrogens with zero attached hydrogens (tertiary/aromatic N) is 1. The summed E-state index contributed by atoms with van der Waals surface area (Å²) in [6.45, 7) is 10.1. The molecule has 45 heavy (non-hydrogen) atoms. The van der Waals surface area contributed by atoms with Gasteiger partial charge in [-0.05, 0) is 67.3 Å².